The molecule has 3 nitrogen and oxygen atoms in total. The van der Waals surface area contributed by atoms with Crippen LogP contribution in [-0.2, 0) is 6.54 Å². The summed E-state index contributed by atoms with van der Waals surface area (Å²) in [7, 11) is 0. The third kappa shape index (κ3) is 3.81. The molecule has 2 fully saturated rings. The molecule has 0 aliphatic carbocycles. The smallest absolute Gasteiger partial charge is 0.0233 e. The van der Waals surface area contributed by atoms with Crippen molar-refractivity contribution < 1.29 is 0 Å². The van der Waals surface area contributed by atoms with E-state index in [0.29, 0.717) is 0 Å². The minimum absolute atomic E-state index is 0.874. The predicted octanol–water partition coefficient (Wildman–Crippen LogP) is 1.72. The number of rotatable bonds is 4. The van der Waals surface area contributed by atoms with Gasteiger partial charge in [-0.3, -0.25) is 4.90 Å². The van der Waals surface area contributed by atoms with Gasteiger partial charge >= 0.3 is 0 Å². The molecule has 1 aromatic rings. The van der Waals surface area contributed by atoms with Gasteiger partial charge in [0.1, 0.15) is 0 Å². The average molecular weight is 273 g/mol. The monoisotopic (exact) mass is 273 g/mol. The third-order valence-electron chi connectivity index (χ3n) is 4.62. The molecule has 0 aromatic heterocycles. The summed E-state index contributed by atoms with van der Waals surface area (Å²) >= 11 is 0. The van der Waals surface area contributed by atoms with E-state index in [1.165, 1.54) is 63.4 Å². The zero-order valence-electron chi connectivity index (χ0n) is 12.6. The van der Waals surface area contributed by atoms with Gasteiger partial charge in [0.2, 0.25) is 0 Å². The van der Waals surface area contributed by atoms with Crippen molar-refractivity contribution in [2.75, 3.05) is 45.8 Å². The number of hydrogen-bond donors (Lipinski definition) is 1. The summed E-state index contributed by atoms with van der Waals surface area (Å²) in [4.78, 5) is 5.26. The molecular weight excluding hydrogens is 246 g/mol. The Morgan fingerprint density at radius 3 is 2.55 bits per heavy atom. The summed E-state index contributed by atoms with van der Waals surface area (Å²) < 4.78 is 0. The molecular formula is C17H27N3. The topological polar surface area (TPSA) is 18.5 Å². The summed E-state index contributed by atoms with van der Waals surface area (Å²) in [5.74, 6) is 0.874. The molecule has 2 heterocycles. The molecule has 2 aliphatic heterocycles. The standard InChI is InChI=1S/C17H27N3/c1-15-2-4-16(5-3-15)12-20-9-6-17(14-20)13-19-10-7-18-8-11-19/h2-5,17-18H,6-14H2,1H3. The number of aryl methyl sites for hydroxylation is 1. The summed E-state index contributed by atoms with van der Waals surface area (Å²) in [6.45, 7) is 11.9. The third-order valence-corrected chi connectivity index (χ3v) is 4.62. The van der Waals surface area contributed by atoms with Crippen LogP contribution in [0.3, 0.4) is 0 Å². The van der Waals surface area contributed by atoms with Crippen molar-refractivity contribution in [2.24, 2.45) is 5.92 Å². The second kappa shape index (κ2) is 6.70. The predicted molar refractivity (Wildman–Crippen MR) is 83.9 cm³/mol. The van der Waals surface area contributed by atoms with Gasteiger partial charge in [0.25, 0.3) is 0 Å². The van der Waals surface area contributed by atoms with E-state index in [9.17, 15) is 0 Å². The number of nitrogens with zero attached hydrogens (tertiary/aromatic N) is 2. The van der Waals surface area contributed by atoms with Crippen molar-refractivity contribution >= 4 is 0 Å². The van der Waals surface area contributed by atoms with E-state index >= 15 is 0 Å². The minimum Gasteiger partial charge on any atom is -0.314 e. The van der Waals surface area contributed by atoms with Crippen LogP contribution in [0.2, 0.25) is 0 Å². The molecule has 3 heteroatoms. The van der Waals surface area contributed by atoms with Crippen molar-refractivity contribution in [1.29, 1.82) is 0 Å². The lowest BCUT2D eigenvalue weighted by Gasteiger charge is -2.29. The van der Waals surface area contributed by atoms with Gasteiger partial charge in [0.15, 0.2) is 0 Å². The SMILES string of the molecule is Cc1ccc(CN2CCC(CN3CCNCC3)C2)cc1. The normalized spacial score (nSPS) is 25.1. The second-order valence-electron chi connectivity index (χ2n) is 6.43. The van der Waals surface area contributed by atoms with Crippen LogP contribution in [0.4, 0.5) is 0 Å². The lowest BCUT2D eigenvalue weighted by molar-refractivity contribution is 0.202. The molecule has 110 valence electrons. The molecule has 0 bridgehead atoms. The first-order valence-electron chi connectivity index (χ1n) is 8.00. The van der Waals surface area contributed by atoms with Gasteiger partial charge in [-0.05, 0) is 31.4 Å². The highest BCUT2D eigenvalue weighted by Crippen LogP contribution is 2.20. The average Bonchev–Trinajstić information content (AvgIpc) is 2.90. The van der Waals surface area contributed by atoms with Crippen LogP contribution < -0.4 is 5.32 Å². The molecule has 2 aliphatic rings. The van der Waals surface area contributed by atoms with Crippen LogP contribution in [0.1, 0.15) is 17.5 Å². The first-order chi connectivity index (χ1) is 9.79. The van der Waals surface area contributed by atoms with Gasteiger partial charge in [0, 0.05) is 45.8 Å². The summed E-state index contributed by atoms with van der Waals surface area (Å²) in [6.07, 6.45) is 1.37. The highest BCUT2D eigenvalue weighted by molar-refractivity contribution is 5.21. The van der Waals surface area contributed by atoms with E-state index in [2.05, 4.69) is 46.3 Å². The largest absolute Gasteiger partial charge is 0.314 e. The zero-order valence-corrected chi connectivity index (χ0v) is 12.6. The number of nitrogens with one attached hydrogen (secondary N) is 1. The van der Waals surface area contributed by atoms with Crippen LogP contribution in [0.15, 0.2) is 24.3 Å². The van der Waals surface area contributed by atoms with Gasteiger partial charge in [0.05, 0.1) is 0 Å². The molecule has 1 N–H and O–H groups in total. The van der Waals surface area contributed by atoms with Gasteiger partial charge in [-0.15, -0.1) is 0 Å². The van der Waals surface area contributed by atoms with Crippen LogP contribution in [0.5, 0.6) is 0 Å². The van der Waals surface area contributed by atoms with E-state index < -0.39 is 0 Å². The zero-order chi connectivity index (χ0) is 13.8. The quantitative estimate of drug-likeness (QED) is 0.901. The fraction of sp³-hybridized carbons (Fsp3) is 0.647. The molecule has 1 aromatic carbocycles. The Morgan fingerprint density at radius 2 is 1.80 bits per heavy atom. The fourth-order valence-electron chi connectivity index (χ4n) is 3.42. The number of hydrogen-bond acceptors (Lipinski definition) is 3. The van der Waals surface area contributed by atoms with Gasteiger partial charge in [-0.2, -0.15) is 0 Å². The Balaban J connectivity index is 1.45. The molecule has 1 unspecified atom stereocenters. The maximum atomic E-state index is 3.43. The molecule has 0 radical (unpaired) electrons. The fourth-order valence-corrected chi connectivity index (χ4v) is 3.42. The van der Waals surface area contributed by atoms with E-state index in [4.69, 9.17) is 0 Å². The molecule has 0 spiro atoms. The van der Waals surface area contributed by atoms with Gasteiger partial charge < -0.3 is 10.2 Å². The molecule has 0 saturated carbocycles. The van der Waals surface area contributed by atoms with Crippen molar-refractivity contribution in [3.8, 4) is 0 Å². The summed E-state index contributed by atoms with van der Waals surface area (Å²) in [5, 5.41) is 3.43. The summed E-state index contributed by atoms with van der Waals surface area (Å²) in [6, 6.07) is 9.01. The Morgan fingerprint density at radius 1 is 1.05 bits per heavy atom. The Bertz CT molecular complexity index is 409. The van der Waals surface area contributed by atoms with Gasteiger partial charge in [-0.1, -0.05) is 29.8 Å². The Hall–Kier alpha value is -0.900. The minimum atomic E-state index is 0.874. The van der Waals surface area contributed by atoms with Crippen LogP contribution in [0.25, 0.3) is 0 Å². The van der Waals surface area contributed by atoms with E-state index in [-0.39, 0.29) is 0 Å². The van der Waals surface area contributed by atoms with Crippen LogP contribution >= 0.6 is 0 Å². The van der Waals surface area contributed by atoms with Crippen molar-refractivity contribution in [3.63, 3.8) is 0 Å². The molecule has 0 amide bonds. The molecule has 1 atom stereocenters. The summed E-state index contributed by atoms with van der Waals surface area (Å²) in [5.41, 5.74) is 2.81. The highest BCUT2D eigenvalue weighted by atomic mass is 15.2. The maximum Gasteiger partial charge on any atom is 0.0233 e. The van der Waals surface area contributed by atoms with Crippen molar-refractivity contribution in [2.45, 2.75) is 19.9 Å². The second-order valence-corrected chi connectivity index (χ2v) is 6.43. The van der Waals surface area contributed by atoms with E-state index in [1.807, 2.05) is 0 Å². The molecule has 20 heavy (non-hydrogen) atoms. The van der Waals surface area contributed by atoms with Crippen molar-refractivity contribution in [3.05, 3.63) is 35.4 Å². The lowest BCUT2D eigenvalue weighted by atomic mass is 10.1. The number of likely N-dealkylation sites (tertiary alicyclic amines) is 1. The Kier molecular flexibility index (Phi) is 4.71. The molecule has 2 saturated heterocycles. The number of benzene rings is 1. The van der Waals surface area contributed by atoms with Gasteiger partial charge in [-0.25, -0.2) is 0 Å². The van der Waals surface area contributed by atoms with E-state index in [1.54, 1.807) is 0 Å². The Labute approximate surface area is 123 Å². The van der Waals surface area contributed by atoms with Crippen LogP contribution in [0, 0.1) is 12.8 Å². The maximum absolute atomic E-state index is 3.43. The molecule has 3 rings (SSSR count). The first kappa shape index (κ1) is 14.1. The van der Waals surface area contributed by atoms with Crippen LogP contribution in [-0.4, -0.2) is 55.6 Å². The first-order valence-corrected chi connectivity index (χ1v) is 8.00. The van der Waals surface area contributed by atoms with E-state index in [0.717, 1.165) is 12.5 Å². The van der Waals surface area contributed by atoms with Crippen molar-refractivity contribution in [1.82, 2.24) is 15.1 Å². The lowest BCUT2D eigenvalue weighted by Crippen LogP contribution is -2.45. The number of piperazine rings is 1. The highest BCUT2D eigenvalue weighted by Gasteiger charge is 2.24.